The molecule has 36 heavy (non-hydrogen) atoms. The zero-order valence-electron chi connectivity index (χ0n) is 23.8. The molecule has 0 aromatic carbocycles. The molecule has 5 heteroatoms. The minimum Gasteiger partial charge on any atom is -0.381 e. The van der Waals surface area contributed by atoms with Crippen LogP contribution in [0.4, 0.5) is 0 Å². The van der Waals surface area contributed by atoms with Crippen molar-refractivity contribution < 1.29 is 14.2 Å². The summed E-state index contributed by atoms with van der Waals surface area (Å²) in [5.41, 5.74) is 0. The molecule has 1 saturated heterocycles. The molecule has 0 amide bonds. The Kier molecular flexibility index (Phi) is 21.2. The molecular weight excluding hydrogens is 466 g/mol. The minimum atomic E-state index is 0.277. The van der Waals surface area contributed by atoms with E-state index in [0.29, 0.717) is 5.92 Å². The normalized spacial score (nSPS) is 19.6. The lowest BCUT2D eigenvalue weighted by atomic mass is 10.0. The number of nitrogens with zero attached hydrogens (tertiary/aromatic N) is 1. The van der Waals surface area contributed by atoms with Crippen molar-refractivity contribution in [2.24, 2.45) is 5.92 Å². The quantitative estimate of drug-likeness (QED) is 0.105. The molecule has 2 rings (SSSR count). The van der Waals surface area contributed by atoms with Gasteiger partial charge in [0.25, 0.3) is 0 Å². The van der Waals surface area contributed by atoms with Crippen LogP contribution in [0.15, 0.2) is 11.6 Å². The largest absolute Gasteiger partial charge is 0.381 e. The first-order valence-corrected chi connectivity index (χ1v) is 16.7. The highest BCUT2D eigenvalue weighted by molar-refractivity contribution is 8.02. The fraction of sp³-hybridized carbons (Fsp3) is 0.935. The van der Waals surface area contributed by atoms with Crippen molar-refractivity contribution in [2.75, 3.05) is 45.5 Å². The number of unbranched alkanes of at least 4 members (excludes halogenated alkanes) is 16. The second kappa shape index (κ2) is 23.9. The van der Waals surface area contributed by atoms with Crippen molar-refractivity contribution in [3.05, 3.63) is 11.6 Å². The van der Waals surface area contributed by atoms with Crippen LogP contribution in [-0.2, 0) is 14.2 Å². The minimum absolute atomic E-state index is 0.277. The van der Waals surface area contributed by atoms with E-state index < -0.39 is 0 Å². The SMILES string of the molecule is CCCCCCCCCCCCCCCCOCC1COC(COCCCCCCN2C=CSC2)C1. The molecule has 0 radical (unpaired) electrons. The predicted octanol–water partition coefficient (Wildman–Crippen LogP) is 8.94. The molecule has 4 nitrogen and oxygen atoms in total. The topological polar surface area (TPSA) is 30.9 Å². The van der Waals surface area contributed by atoms with Gasteiger partial charge in [-0.05, 0) is 31.1 Å². The highest BCUT2D eigenvalue weighted by Gasteiger charge is 2.25. The zero-order chi connectivity index (χ0) is 25.4. The third-order valence-electron chi connectivity index (χ3n) is 7.56. The summed E-state index contributed by atoms with van der Waals surface area (Å²) in [6.07, 6.45) is 28.3. The predicted molar refractivity (Wildman–Crippen MR) is 157 cm³/mol. The fourth-order valence-corrected chi connectivity index (χ4v) is 5.95. The third-order valence-corrected chi connectivity index (χ3v) is 8.35. The average molecular weight is 526 g/mol. The molecule has 0 spiro atoms. The maximum atomic E-state index is 5.96. The van der Waals surface area contributed by atoms with Gasteiger partial charge in [-0.2, -0.15) is 0 Å². The van der Waals surface area contributed by atoms with Crippen LogP contribution in [0.2, 0.25) is 0 Å². The van der Waals surface area contributed by atoms with Crippen molar-refractivity contribution in [1.29, 1.82) is 0 Å². The van der Waals surface area contributed by atoms with Gasteiger partial charge in [-0.15, -0.1) is 11.8 Å². The Bertz CT molecular complexity index is 504. The van der Waals surface area contributed by atoms with Gasteiger partial charge >= 0.3 is 0 Å². The van der Waals surface area contributed by atoms with Gasteiger partial charge in [-0.3, -0.25) is 0 Å². The van der Waals surface area contributed by atoms with Crippen LogP contribution in [0.3, 0.4) is 0 Å². The summed E-state index contributed by atoms with van der Waals surface area (Å²) in [5.74, 6) is 1.69. The molecule has 0 saturated carbocycles. The lowest BCUT2D eigenvalue weighted by Crippen LogP contribution is -2.16. The van der Waals surface area contributed by atoms with Gasteiger partial charge in [-0.1, -0.05) is 103 Å². The Balaban J connectivity index is 1.24. The zero-order valence-corrected chi connectivity index (χ0v) is 24.6. The molecule has 2 heterocycles. The fourth-order valence-electron chi connectivity index (χ4n) is 5.20. The molecule has 0 bridgehead atoms. The molecule has 2 unspecified atom stereocenters. The highest BCUT2D eigenvalue weighted by atomic mass is 32.2. The van der Waals surface area contributed by atoms with Crippen LogP contribution in [0.25, 0.3) is 0 Å². The summed E-state index contributed by atoms with van der Waals surface area (Å²) in [6.45, 7) is 7.74. The molecule has 212 valence electrons. The van der Waals surface area contributed by atoms with E-state index in [1.165, 1.54) is 122 Å². The summed E-state index contributed by atoms with van der Waals surface area (Å²) in [4.78, 5) is 2.40. The maximum Gasteiger partial charge on any atom is 0.0813 e. The van der Waals surface area contributed by atoms with Crippen molar-refractivity contribution >= 4 is 11.8 Å². The van der Waals surface area contributed by atoms with E-state index in [4.69, 9.17) is 14.2 Å². The number of thioether (sulfide) groups is 1. The smallest absolute Gasteiger partial charge is 0.0813 e. The van der Waals surface area contributed by atoms with Crippen LogP contribution in [0, 0.1) is 5.92 Å². The van der Waals surface area contributed by atoms with Crippen LogP contribution < -0.4 is 0 Å². The van der Waals surface area contributed by atoms with Crippen molar-refractivity contribution in [1.82, 2.24) is 4.90 Å². The maximum absolute atomic E-state index is 5.96. The summed E-state index contributed by atoms with van der Waals surface area (Å²) in [5, 5.41) is 2.19. The summed E-state index contributed by atoms with van der Waals surface area (Å²) < 4.78 is 17.8. The first kappa shape index (κ1) is 32.0. The van der Waals surface area contributed by atoms with Gasteiger partial charge in [0.1, 0.15) is 0 Å². The van der Waals surface area contributed by atoms with Crippen molar-refractivity contribution in [3.8, 4) is 0 Å². The van der Waals surface area contributed by atoms with E-state index in [0.717, 1.165) is 45.3 Å². The molecule has 2 aliphatic heterocycles. The number of hydrogen-bond donors (Lipinski definition) is 0. The Labute approximate surface area is 228 Å². The van der Waals surface area contributed by atoms with Gasteiger partial charge in [-0.25, -0.2) is 0 Å². The number of rotatable bonds is 26. The Morgan fingerprint density at radius 1 is 0.722 bits per heavy atom. The van der Waals surface area contributed by atoms with Crippen LogP contribution in [-0.4, -0.2) is 56.5 Å². The van der Waals surface area contributed by atoms with E-state index in [1.807, 2.05) is 11.8 Å². The van der Waals surface area contributed by atoms with Crippen LogP contribution >= 0.6 is 11.8 Å². The first-order chi connectivity index (χ1) is 17.9. The highest BCUT2D eigenvalue weighted by Crippen LogP contribution is 2.21. The summed E-state index contributed by atoms with van der Waals surface area (Å²) in [6, 6.07) is 0. The van der Waals surface area contributed by atoms with E-state index >= 15 is 0 Å². The average Bonchev–Trinajstić information content (AvgIpc) is 3.58. The van der Waals surface area contributed by atoms with Crippen LogP contribution in [0.1, 0.15) is 129 Å². The molecule has 0 aromatic rings. The summed E-state index contributed by atoms with van der Waals surface area (Å²) in [7, 11) is 0. The molecule has 0 aliphatic carbocycles. The molecular formula is C31H59NO3S. The second-order valence-corrected chi connectivity index (χ2v) is 12.0. The number of hydrogen-bond acceptors (Lipinski definition) is 5. The van der Waals surface area contributed by atoms with Gasteiger partial charge in [0, 0.05) is 31.9 Å². The number of ether oxygens (including phenoxy) is 3. The lowest BCUT2D eigenvalue weighted by Gasteiger charge is -2.14. The van der Waals surface area contributed by atoms with Crippen molar-refractivity contribution in [3.63, 3.8) is 0 Å². The second-order valence-electron chi connectivity index (χ2n) is 11.1. The molecule has 0 N–H and O–H groups in total. The van der Waals surface area contributed by atoms with E-state index in [1.54, 1.807) is 0 Å². The van der Waals surface area contributed by atoms with E-state index in [2.05, 4.69) is 23.4 Å². The van der Waals surface area contributed by atoms with Crippen LogP contribution in [0.5, 0.6) is 0 Å². The first-order valence-electron chi connectivity index (χ1n) is 15.7. The monoisotopic (exact) mass is 525 g/mol. The van der Waals surface area contributed by atoms with Gasteiger partial charge in [0.15, 0.2) is 0 Å². The van der Waals surface area contributed by atoms with E-state index in [9.17, 15) is 0 Å². The Morgan fingerprint density at radius 2 is 1.28 bits per heavy atom. The van der Waals surface area contributed by atoms with E-state index in [-0.39, 0.29) is 6.10 Å². The standard InChI is InChI=1S/C31H59NO3S/c1-2-3-4-5-6-7-8-9-10-11-12-13-15-18-22-33-26-30-25-31(35-27-30)28-34-23-19-16-14-17-20-32-21-24-36-29-32/h21,24,30-31H,2-20,22-23,25-29H2,1H3. The molecule has 2 aliphatic rings. The Hall–Kier alpha value is -0.230. The third kappa shape index (κ3) is 18.1. The van der Waals surface area contributed by atoms with Gasteiger partial charge < -0.3 is 19.1 Å². The summed E-state index contributed by atoms with van der Waals surface area (Å²) >= 11 is 1.89. The van der Waals surface area contributed by atoms with Gasteiger partial charge in [0.05, 0.1) is 31.8 Å². The van der Waals surface area contributed by atoms with Crippen molar-refractivity contribution in [2.45, 2.75) is 135 Å². The molecule has 0 aromatic heterocycles. The molecule has 1 fully saturated rings. The molecule has 2 atom stereocenters. The Morgan fingerprint density at radius 3 is 1.86 bits per heavy atom. The lowest BCUT2D eigenvalue weighted by molar-refractivity contribution is 0.0140. The van der Waals surface area contributed by atoms with Gasteiger partial charge in [0.2, 0.25) is 0 Å².